The standard InChI is InChI=1S/C16H25FN2/c1-18-16(13-7-3-4-8-13)12-19(2)11-14-9-5-6-10-15(14)17/h5-6,9-10,13,16,18H,3-4,7-8,11-12H2,1-2H3. The lowest BCUT2D eigenvalue weighted by Crippen LogP contribution is -2.42. The lowest BCUT2D eigenvalue weighted by Gasteiger charge is -2.28. The number of nitrogens with zero attached hydrogens (tertiary/aromatic N) is 1. The summed E-state index contributed by atoms with van der Waals surface area (Å²) < 4.78 is 13.6. The van der Waals surface area contributed by atoms with E-state index in [1.165, 1.54) is 31.7 Å². The van der Waals surface area contributed by atoms with Crippen molar-refractivity contribution in [3.8, 4) is 0 Å². The van der Waals surface area contributed by atoms with Gasteiger partial charge in [-0.3, -0.25) is 0 Å². The molecule has 0 saturated heterocycles. The smallest absolute Gasteiger partial charge is 0.127 e. The second kappa shape index (κ2) is 7.01. The highest BCUT2D eigenvalue weighted by Gasteiger charge is 2.24. The van der Waals surface area contributed by atoms with E-state index in [0.29, 0.717) is 12.6 Å². The summed E-state index contributed by atoms with van der Waals surface area (Å²) in [5, 5.41) is 3.44. The van der Waals surface area contributed by atoms with E-state index in [9.17, 15) is 4.39 Å². The molecule has 0 spiro atoms. The van der Waals surface area contributed by atoms with E-state index in [4.69, 9.17) is 0 Å². The van der Waals surface area contributed by atoms with Gasteiger partial charge in [0.25, 0.3) is 0 Å². The van der Waals surface area contributed by atoms with Gasteiger partial charge in [0.2, 0.25) is 0 Å². The average Bonchev–Trinajstić information content (AvgIpc) is 2.92. The van der Waals surface area contributed by atoms with Crippen LogP contribution < -0.4 is 5.32 Å². The molecule has 0 amide bonds. The van der Waals surface area contributed by atoms with E-state index in [2.05, 4.69) is 17.3 Å². The van der Waals surface area contributed by atoms with Gasteiger partial charge in [0.1, 0.15) is 5.82 Å². The second-order valence-corrected chi connectivity index (χ2v) is 5.73. The Hall–Kier alpha value is -0.930. The monoisotopic (exact) mass is 264 g/mol. The Kier molecular flexibility index (Phi) is 5.34. The number of likely N-dealkylation sites (N-methyl/N-ethyl adjacent to an activating group) is 2. The molecule has 1 aliphatic carbocycles. The molecule has 2 nitrogen and oxygen atoms in total. The number of nitrogens with one attached hydrogen (secondary N) is 1. The van der Waals surface area contributed by atoms with Crippen LogP contribution in [0.1, 0.15) is 31.2 Å². The van der Waals surface area contributed by atoms with Crippen LogP contribution in [0, 0.1) is 11.7 Å². The molecule has 1 saturated carbocycles. The first-order valence-electron chi connectivity index (χ1n) is 7.30. The molecule has 0 heterocycles. The topological polar surface area (TPSA) is 15.3 Å². The Labute approximate surface area is 116 Å². The predicted octanol–water partition coefficient (Wildman–Crippen LogP) is 3.04. The second-order valence-electron chi connectivity index (χ2n) is 5.73. The minimum Gasteiger partial charge on any atom is -0.315 e. The minimum absolute atomic E-state index is 0.101. The molecule has 0 aliphatic heterocycles. The minimum atomic E-state index is -0.101. The first-order valence-corrected chi connectivity index (χ1v) is 7.30. The van der Waals surface area contributed by atoms with Crippen LogP contribution in [0.3, 0.4) is 0 Å². The maximum Gasteiger partial charge on any atom is 0.127 e. The van der Waals surface area contributed by atoms with E-state index in [1.807, 2.05) is 19.2 Å². The van der Waals surface area contributed by atoms with Crippen molar-refractivity contribution in [2.24, 2.45) is 5.92 Å². The maximum atomic E-state index is 13.6. The Morgan fingerprint density at radius 3 is 2.63 bits per heavy atom. The molecular weight excluding hydrogens is 239 g/mol. The average molecular weight is 264 g/mol. The molecule has 2 rings (SSSR count). The highest BCUT2D eigenvalue weighted by molar-refractivity contribution is 5.17. The van der Waals surface area contributed by atoms with Crippen LogP contribution in [-0.4, -0.2) is 31.6 Å². The van der Waals surface area contributed by atoms with Crippen molar-refractivity contribution in [2.75, 3.05) is 20.6 Å². The maximum absolute atomic E-state index is 13.6. The molecule has 1 fully saturated rings. The fourth-order valence-corrected chi connectivity index (χ4v) is 3.15. The molecule has 3 heteroatoms. The SMILES string of the molecule is CNC(CN(C)Cc1ccccc1F)C1CCCC1. The van der Waals surface area contributed by atoms with Gasteiger partial charge in [-0.15, -0.1) is 0 Å². The van der Waals surface area contributed by atoms with Crippen LogP contribution in [0.4, 0.5) is 4.39 Å². The predicted molar refractivity (Wildman–Crippen MR) is 77.5 cm³/mol. The summed E-state index contributed by atoms with van der Waals surface area (Å²) in [5.74, 6) is 0.685. The van der Waals surface area contributed by atoms with Gasteiger partial charge in [0, 0.05) is 24.7 Å². The Morgan fingerprint density at radius 1 is 1.32 bits per heavy atom. The molecule has 19 heavy (non-hydrogen) atoms. The van der Waals surface area contributed by atoms with Crippen LogP contribution in [0.2, 0.25) is 0 Å². The summed E-state index contributed by atoms with van der Waals surface area (Å²) in [6, 6.07) is 7.58. The molecule has 1 atom stereocenters. The molecule has 1 unspecified atom stereocenters. The van der Waals surface area contributed by atoms with Gasteiger partial charge < -0.3 is 10.2 Å². The summed E-state index contributed by atoms with van der Waals surface area (Å²) in [4.78, 5) is 2.22. The molecule has 1 aromatic carbocycles. The van der Waals surface area contributed by atoms with Crippen molar-refractivity contribution in [1.82, 2.24) is 10.2 Å². The Bertz CT molecular complexity index is 388. The first-order chi connectivity index (χ1) is 9.20. The molecule has 0 aromatic heterocycles. The van der Waals surface area contributed by atoms with Gasteiger partial charge in [-0.1, -0.05) is 31.0 Å². The summed E-state index contributed by atoms with van der Waals surface area (Å²) in [6.45, 7) is 1.66. The van der Waals surface area contributed by atoms with E-state index in [1.54, 1.807) is 6.07 Å². The van der Waals surface area contributed by atoms with E-state index in [-0.39, 0.29) is 5.82 Å². The van der Waals surface area contributed by atoms with E-state index in [0.717, 1.165) is 18.0 Å². The van der Waals surface area contributed by atoms with Gasteiger partial charge in [-0.2, -0.15) is 0 Å². The van der Waals surface area contributed by atoms with Crippen molar-refractivity contribution in [2.45, 2.75) is 38.3 Å². The van der Waals surface area contributed by atoms with Gasteiger partial charge in [-0.25, -0.2) is 4.39 Å². The van der Waals surface area contributed by atoms with Crippen LogP contribution in [0.5, 0.6) is 0 Å². The fraction of sp³-hybridized carbons (Fsp3) is 0.625. The summed E-state index contributed by atoms with van der Waals surface area (Å²) >= 11 is 0. The van der Waals surface area contributed by atoms with Crippen molar-refractivity contribution in [3.05, 3.63) is 35.6 Å². The molecule has 0 bridgehead atoms. The van der Waals surface area contributed by atoms with Crippen molar-refractivity contribution in [3.63, 3.8) is 0 Å². The van der Waals surface area contributed by atoms with Crippen LogP contribution >= 0.6 is 0 Å². The quantitative estimate of drug-likeness (QED) is 0.849. The van der Waals surface area contributed by atoms with Gasteiger partial charge in [0.15, 0.2) is 0 Å². The third-order valence-corrected chi connectivity index (χ3v) is 4.25. The normalized spacial score (nSPS) is 18.1. The number of halogens is 1. The molecule has 1 aliphatic rings. The number of hydrogen-bond donors (Lipinski definition) is 1. The van der Waals surface area contributed by atoms with E-state index < -0.39 is 0 Å². The molecule has 1 N–H and O–H groups in total. The third kappa shape index (κ3) is 4.02. The zero-order valence-corrected chi connectivity index (χ0v) is 12.0. The fourth-order valence-electron chi connectivity index (χ4n) is 3.15. The third-order valence-electron chi connectivity index (χ3n) is 4.25. The van der Waals surface area contributed by atoms with Crippen molar-refractivity contribution < 1.29 is 4.39 Å². The lowest BCUT2D eigenvalue weighted by atomic mass is 9.97. The van der Waals surface area contributed by atoms with Crippen molar-refractivity contribution >= 4 is 0 Å². The van der Waals surface area contributed by atoms with E-state index >= 15 is 0 Å². The van der Waals surface area contributed by atoms with Gasteiger partial charge >= 0.3 is 0 Å². The largest absolute Gasteiger partial charge is 0.315 e. The Balaban J connectivity index is 1.89. The first kappa shape index (κ1) is 14.5. The highest BCUT2D eigenvalue weighted by Crippen LogP contribution is 2.28. The molecule has 106 valence electrons. The summed E-state index contributed by atoms with van der Waals surface area (Å²) in [6.07, 6.45) is 5.39. The number of benzene rings is 1. The number of hydrogen-bond acceptors (Lipinski definition) is 2. The highest BCUT2D eigenvalue weighted by atomic mass is 19.1. The molecule has 0 radical (unpaired) electrons. The molecular formula is C16H25FN2. The zero-order valence-electron chi connectivity index (χ0n) is 12.0. The zero-order chi connectivity index (χ0) is 13.7. The van der Waals surface area contributed by atoms with Crippen molar-refractivity contribution in [1.29, 1.82) is 0 Å². The van der Waals surface area contributed by atoms with Gasteiger partial charge in [0.05, 0.1) is 0 Å². The summed E-state index contributed by atoms with van der Waals surface area (Å²) in [7, 11) is 4.12. The van der Waals surface area contributed by atoms with Crippen LogP contribution in [0.25, 0.3) is 0 Å². The number of rotatable bonds is 6. The van der Waals surface area contributed by atoms with Gasteiger partial charge in [-0.05, 0) is 38.9 Å². The Morgan fingerprint density at radius 2 is 2.00 bits per heavy atom. The lowest BCUT2D eigenvalue weighted by molar-refractivity contribution is 0.240. The van der Waals surface area contributed by atoms with Crippen LogP contribution in [0.15, 0.2) is 24.3 Å². The summed E-state index contributed by atoms with van der Waals surface area (Å²) in [5.41, 5.74) is 0.784. The van der Waals surface area contributed by atoms with Crippen LogP contribution in [-0.2, 0) is 6.54 Å². The molecule has 1 aromatic rings.